The second-order valence-corrected chi connectivity index (χ2v) is 6.31. The van der Waals surface area contributed by atoms with E-state index in [0.29, 0.717) is 22.7 Å². The van der Waals surface area contributed by atoms with Crippen LogP contribution in [0, 0.1) is 6.92 Å². The van der Waals surface area contributed by atoms with Crippen LogP contribution in [-0.4, -0.2) is 23.5 Å². The fourth-order valence-corrected chi connectivity index (χ4v) is 2.13. The van der Waals surface area contributed by atoms with E-state index in [-0.39, 0.29) is 23.8 Å². The van der Waals surface area contributed by atoms with Gasteiger partial charge in [0.1, 0.15) is 17.0 Å². The molecule has 6 heteroatoms. The first-order valence-electron chi connectivity index (χ1n) is 7.39. The monoisotopic (exact) mass is 315 g/mol. The van der Waals surface area contributed by atoms with Gasteiger partial charge in [-0.15, -0.1) is 0 Å². The number of aromatic nitrogens is 1. The Kier molecular flexibility index (Phi) is 4.83. The van der Waals surface area contributed by atoms with Crippen LogP contribution in [-0.2, 0) is 10.2 Å². The number of nitrogens with zero attached hydrogens (tertiary/aromatic N) is 1. The number of hydrogen-bond acceptors (Lipinski definition) is 4. The first kappa shape index (κ1) is 16.7. The average Bonchev–Trinajstić information content (AvgIpc) is 2.88. The molecule has 6 nitrogen and oxygen atoms in total. The van der Waals surface area contributed by atoms with E-state index in [4.69, 9.17) is 4.52 Å². The van der Waals surface area contributed by atoms with Crippen molar-refractivity contribution in [3.63, 3.8) is 0 Å². The number of para-hydroxylation sites is 1. The van der Waals surface area contributed by atoms with Crippen LogP contribution in [0.2, 0.25) is 0 Å². The largest absolute Gasteiger partial charge is 0.361 e. The Bertz CT molecular complexity index is 700. The van der Waals surface area contributed by atoms with Crippen LogP contribution in [0.3, 0.4) is 0 Å². The van der Waals surface area contributed by atoms with Gasteiger partial charge in [-0.25, -0.2) is 0 Å². The summed E-state index contributed by atoms with van der Waals surface area (Å²) in [6, 6.07) is 9.07. The number of benzene rings is 1. The van der Waals surface area contributed by atoms with Crippen LogP contribution < -0.4 is 10.6 Å². The normalized spacial score (nSPS) is 11.1. The predicted molar refractivity (Wildman–Crippen MR) is 87.3 cm³/mol. The van der Waals surface area contributed by atoms with Gasteiger partial charge in [0.15, 0.2) is 0 Å². The van der Waals surface area contributed by atoms with Gasteiger partial charge in [0, 0.05) is 11.1 Å². The van der Waals surface area contributed by atoms with E-state index in [1.165, 1.54) is 0 Å². The van der Waals surface area contributed by atoms with E-state index in [9.17, 15) is 9.59 Å². The van der Waals surface area contributed by atoms with Crippen LogP contribution >= 0.6 is 0 Å². The standard InChI is InChI=1S/C17H21N3O3/c1-11-14(15(20-23-11)17(2,3)4)16(22)18-10-13(21)19-12-8-6-5-7-9-12/h5-9H,10H2,1-4H3,(H,18,22)(H,19,21). The molecule has 2 aromatic rings. The molecule has 1 aromatic carbocycles. The Morgan fingerprint density at radius 3 is 2.43 bits per heavy atom. The van der Waals surface area contributed by atoms with Gasteiger partial charge < -0.3 is 15.2 Å². The summed E-state index contributed by atoms with van der Waals surface area (Å²) in [6.07, 6.45) is 0. The first-order chi connectivity index (χ1) is 10.8. The van der Waals surface area contributed by atoms with Crippen LogP contribution in [0.4, 0.5) is 5.69 Å². The first-order valence-corrected chi connectivity index (χ1v) is 7.39. The van der Waals surface area contributed by atoms with Crippen LogP contribution in [0.25, 0.3) is 0 Å². The molecule has 2 rings (SSSR count). The Morgan fingerprint density at radius 1 is 1.17 bits per heavy atom. The van der Waals surface area contributed by atoms with Crippen molar-refractivity contribution in [2.75, 3.05) is 11.9 Å². The molecule has 0 spiro atoms. The molecule has 0 aliphatic rings. The van der Waals surface area contributed by atoms with Gasteiger partial charge in [0.05, 0.1) is 6.54 Å². The smallest absolute Gasteiger partial charge is 0.257 e. The minimum Gasteiger partial charge on any atom is -0.361 e. The molecule has 0 radical (unpaired) electrons. The van der Waals surface area contributed by atoms with Gasteiger partial charge in [-0.2, -0.15) is 0 Å². The SMILES string of the molecule is Cc1onc(C(C)(C)C)c1C(=O)NCC(=O)Nc1ccccc1. The molecular formula is C17H21N3O3. The van der Waals surface area contributed by atoms with Crippen LogP contribution in [0.1, 0.15) is 42.6 Å². The van der Waals surface area contributed by atoms with Crippen LogP contribution in [0.5, 0.6) is 0 Å². The number of anilines is 1. The predicted octanol–water partition coefficient (Wildman–Crippen LogP) is 2.65. The summed E-state index contributed by atoms with van der Waals surface area (Å²) in [4.78, 5) is 24.2. The highest BCUT2D eigenvalue weighted by atomic mass is 16.5. The number of carbonyl (C=O) groups excluding carboxylic acids is 2. The van der Waals surface area contributed by atoms with Crippen molar-refractivity contribution in [2.45, 2.75) is 33.1 Å². The molecule has 0 atom stereocenters. The van der Waals surface area contributed by atoms with Crippen molar-refractivity contribution in [3.8, 4) is 0 Å². The Morgan fingerprint density at radius 2 is 1.83 bits per heavy atom. The molecule has 0 bridgehead atoms. The molecule has 0 aliphatic carbocycles. The Balaban J connectivity index is 2.00. The molecule has 0 aliphatic heterocycles. The van der Waals surface area contributed by atoms with Gasteiger partial charge in [-0.3, -0.25) is 9.59 Å². The third-order valence-electron chi connectivity index (χ3n) is 3.27. The van der Waals surface area contributed by atoms with Crippen LogP contribution in [0.15, 0.2) is 34.9 Å². The number of rotatable bonds is 4. The molecule has 2 N–H and O–H groups in total. The van der Waals surface area contributed by atoms with E-state index >= 15 is 0 Å². The van der Waals surface area contributed by atoms with Gasteiger partial charge in [-0.1, -0.05) is 44.1 Å². The van der Waals surface area contributed by atoms with E-state index < -0.39 is 0 Å². The molecule has 122 valence electrons. The lowest BCUT2D eigenvalue weighted by Gasteiger charge is -2.16. The summed E-state index contributed by atoms with van der Waals surface area (Å²) in [6.45, 7) is 7.40. The summed E-state index contributed by atoms with van der Waals surface area (Å²) < 4.78 is 5.13. The van der Waals surface area contributed by atoms with E-state index in [0.717, 1.165) is 0 Å². The molecule has 0 unspecified atom stereocenters. The minimum atomic E-state index is -0.364. The van der Waals surface area contributed by atoms with Crippen molar-refractivity contribution < 1.29 is 14.1 Å². The van der Waals surface area contributed by atoms with Crippen molar-refractivity contribution in [2.24, 2.45) is 0 Å². The number of carbonyl (C=O) groups is 2. The summed E-state index contributed by atoms with van der Waals surface area (Å²) in [7, 11) is 0. The molecule has 2 amide bonds. The minimum absolute atomic E-state index is 0.123. The Hall–Kier alpha value is -2.63. The van der Waals surface area contributed by atoms with Gasteiger partial charge in [-0.05, 0) is 19.1 Å². The number of amides is 2. The number of nitrogens with one attached hydrogen (secondary N) is 2. The number of hydrogen-bond donors (Lipinski definition) is 2. The molecule has 1 heterocycles. The zero-order valence-electron chi connectivity index (χ0n) is 13.8. The van der Waals surface area contributed by atoms with Crippen molar-refractivity contribution >= 4 is 17.5 Å². The molecule has 0 saturated carbocycles. The zero-order chi connectivity index (χ0) is 17.0. The summed E-state index contributed by atoms with van der Waals surface area (Å²) >= 11 is 0. The second kappa shape index (κ2) is 6.64. The highest BCUT2D eigenvalue weighted by Gasteiger charge is 2.28. The van der Waals surface area contributed by atoms with Crippen molar-refractivity contribution in [1.82, 2.24) is 10.5 Å². The third kappa shape index (κ3) is 4.18. The van der Waals surface area contributed by atoms with Gasteiger partial charge in [0.25, 0.3) is 5.91 Å². The summed E-state index contributed by atoms with van der Waals surface area (Å²) in [5.74, 6) is -0.219. The molecule has 23 heavy (non-hydrogen) atoms. The molecule has 0 fully saturated rings. The lowest BCUT2D eigenvalue weighted by Crippen LogP contribution is -2.34. The maximum atomic E-state index is 12.4. The average molecular weight is 315 g/mol. The third-order valence-corrected chi connectivity index (χ3v) is 3.27. The summed E-state index contributed by atoms with van der Waals surface area (Å²) in [5, 5.41) is 9.28. The van der Waals surface area contributed by atoms with Gasteiger partial charge >= 0.3 is 0 Å². The fraction of sp³-hybridized carbons (Fsp3) is 0.353. The second-order valence-electron chi connectivity index (χ2n) is 6.31. The highest BCUT2D eigenvalue weighted by molar-refractivity contribution is 6.00. The fourth-order valence-electron chi connectivity index (χ4n) is 2.13. The quantitative estimate of drug-likeness (QED) is 0.908. The number of aryl methyl sites for hydroxylation is 1. The van der Waals surface area contributed by atoms with E-state index in [2.05, 4.69) is 15.8 Å². The van der Waals surface area contributed by atoms with E-state index in [1.54, 1.807) is 19.1 Å². The summed E-state index contributed by atoms with van der Waals surface area (Å²) in [5.41, 5.74) is 1.33. The maximum Gasteiger partial charge on any atom is 0.257 e. The lowest BCUT2D eigenvalue weighted by molar-refractivity contribution is -0.115. The highest BCUT2D eigenvalue weighted by Crippen LogP contribution is 2.26. The molecule has 1 aromatic heterocycles. The maximum absolute atomic E-state index is 12.4. The zero-order valence-corrected chi connectivity index (χ0v) is 13.8. The molecular weight excluding hydrogens is 294 g/mol. The van der Waals surface area contributed by atoms with Gasteiger partial charge in [0.2, 0.25) is 5.91 Å². The topological polar surface area (TPSA) is 84.2 Å². The van der Waals surface area contributed by atoms with E-state index in [1.807, 2.05) is 39.0 Å². The van der Waals surface area contributed by atoms with Crippen molar-refractivity contribution in [1.29, 1.82) is 0 Å². The Labute approximate surface area is 135 Å². The molecule has 0 saturated heterocycles. The lowest BCUT2D eigenvalue weighted by atomic mass is 9.88. The van der Waals surface area contributed by atoms with Crippen molar-refractivity contribution in [3.05, 3.63) is 47.3 Å².